The third-order valence-electron chi connectivity index (χ3n) is 3.35. The van der Waals surface area contributed by atoms with Crippen molar-refractivity contribution >= 4 is 46.8 Å². The van der Waals surface area contributed by atoms with Crippen LogP contribution in [-0.2, 0) is 9.59 Å². The Bertz CT molecular complexity index is 770. The zero-order valence-electron chi connectivity index (χ0n) is 12.4. The smallest absolute Gasteiger partial charge is 0.241 e. The van der Waals surface area contributed by atoms with Crippen molar-refractivity contribution in [3.8, 4) is 0 Å². The average Bonchev–Trinajstić information content (AvgIpc) is 2.93. The highest BCUT2D eigenvalue weighted by Crippen LogP contribution is 2.36. The Balaban J connectivity index is 1.57. The second kappa shape index (κ2) is 6.97. The van der Waals surface area contributed by atoms with Gasteiger partial charge < -0.3 is 5.32 Å². The monoisotopic (exact) mass is 345 g/mol. The maximum Gasteiger partial charge on any atom is 0.241 e. The summed E-state index contributed by atoms with van der Waals surface area (Å²) in [6.45, 7) is 1.99. The maximum atomic E-state index is 12.0. The van der Waals surface area contributed by atoms with Crippen molar-refractivity contribution < 1.29 is 9.59 Å². The summed E-state index contributed by atoms with van der Waals surface area (Å²) >= 11 is 2.97. The molecule has 1 atom stereocenters. The molecule has 2 heterocycles. The molecule has 5 nitrogen and oxygen atoms in total. The Morgan fingerprint density at radius 3 is 3.00 bits per heavy atom. The van der Waals surface area contributed by atoms with Gasteiger partial charge in [0.15, 0.2) is 0 Å². The molecule has 0 radical (unpaired) electrons. The van der Waals surface area contributed by atoms with Crippen LogP contribution in [0.25, 0.3) is 0 Å². The fourth-order valence-electron chi connectivity index (χ4n) is 2.12. The van der Waals surface area contributed by atoms with Crippen LogP contribution in [0.1, 0.15) is 16.9 Å². The molecular weight excluding hydrogens is 330 g/mol. The average molecular weight is 345 g/mol. The highest BCUT2D eigenvalue weighted by molar-refractivity contribution is 8.01. The zero-order chi connectivity index (χ0) is 16.2. The standard InChI is InChI=1S/C16H15N3O2S2/c1-10-6-7-22-14(10)9-17-19-15(20)8-13-16(21)18-11-4-2-3-5-12(11)23-13/h2-7,9,13H,8H2,1H3,(H,18,21)(H,19,20)/b17-9-/t13-/m0/s1. The Kier molecular flexibility index (Phi) is 4.78. The number of hydrogen-bond donors (Lipinski definition) is 2. The number of benzene rings is 1. The number of amides is 2. The quantitative estimate of drug-likeness (QED) is 0.661. The first-order valence-electron chi connectivity index (χ1n) is 7.06. The van der Waals surface area contributed by atoms with Crippen molar-refractivity contribution in [3.63, 3.8) is 0 Å². The maximum absolute atomic E-state index is 12.0. The molecule has 23 heavy (non-hydrogen) atoms. The van der Waals surface area contributed by atoms with Crippen LogP contribution in [0.15, 0.2) is 45.7 Å². The van der Waals surface area contributed by atoms with Crippen LogP contribution in [-0.4, -0.2) is 23.3 Å². The first-order valence-corrected chi connectivity index (χ1v) is 8.82. The lowest BCUT2D eigenvalue weighted by Gasteiger charge is -2.23. The zero-order valence-corrected chi connectivity index (χ0v) is 14.0. The molecule has 0 fully saturated rings. The fourth-order valence-corrected chi connectivity index (χ4v) is 4.02. The molecule has 2 amide bonds. The fraction of sp³-hybridized carbons (Fsp3) is 0.188. The molecule has 1 aliphatic heterocycles. The minimum absolute atomic E-state index is 0.0889. The number of thiophene rings is 1. The van der Waals surface area contributed by atoms with Gasteiger partial charge in [0.05, 0.1) is 17.2 Å². The molecule has 1 aromatic carbocycles. The number of thioether (sulfide) groups is 1. The minimum Gasteiger partial charge on any atom is -0.324 e. The van der Waals surface area contributed by atoms with E-state index < -0.39 is 5.25 Å². The van der Waals surface area contributed by atoms with Crippen molar-refractivity contribution in [1.82, 2.24) is 5.43 Å². The largest absolute Gasteiger partial charge is 0.324 e. The van der Waals surface area contributed by atoms with Crippen molar-refractivity contribution in [3.05, 3.63) is 46.2 Å². The van der Waals surface area contributed by atoms with Crippen LogP contribution < -0.4 is 10.7 Å². The number of hydrazone groups is 1. The van der Waals surface area contributed by atoms with Gasteiger partial charge in [-0.15, -0.1) is 23.1 Å². The number of nitrogens with one attached hydrogen (secondary N) is 2. The van der Waals surface area contributed by atoms with E-state index in [0.717, 1.165) is 21.0 Å². The minimum atomic E-state index is -0.441. The topological polar surface area (TPSA) is 70.6 Å². The molecule has 7 heteroatoms. The van der Waals surface area contributed by atoms with Crippen LogP contribution >= 0.6 is 23.1 Å². The summed E-state index contributed by atoms with van der Waals surface area (Å²) in [6.07, 6.45) is 1.72. The predicted octanol–water partition coefficient (Wildman–Crippen LogP) is 3.01. The second-order valence-electron chi connectivity index (χ2n) is 5.06. The van der Waals surface area contributed by atoms with E-state index in [1.807, 2.05) is 42.6 Å². The number of para-hydroxylation sites is 1. The molecule has 3 rings (SSSR count). The number of nitrogens with zero attached hydrogens (tertiary/aromatic N) is 1. The van der Waals surface area contributed by atoms with Crippen molar-refractivity contribution in [2.75, 3.05) is 5.32 Å². The summed E-state index contributed by atoms with van der Waals surface area (Å²) in [6, 6.07) is 9.56. The molecule has 118 valence electrons. The van der Waals surface area contributed by atoms with Gasteiger partial charge >= 0.3 is 0 Å². The van der Waals surface area contributed by atoms with E-state index in [-0.39, 0.29) is 18.2 Å². The summed E-state index contributed by atoms with van der Waals surface area (Å²) in [5, 5.41) is 8.31. The molecule has 2 N–H and O–H groups in total. The van der Waals surface area contributed by atoms with Gasteiger partial charge in [-0.25, -0.2) is 5.43 Å². The Morgan fingerprint density at radius 1 is 1.39 bits per heavy atom. The summed E-state index contributed by atoms with van der Waals surface area (Å²) in [7, 11) is 0. The predicted molar refractivity (Wildman–Crippen MR) is 94.1 cm³/mol. The van der Waals surface area contributed by atoms with E-state index in [4.69, 9.17) is 0 Å². The third-order valence-corrected chi connectivity index (χ3v) is 5.58. The number of carbonyl (C=O) groups is 2. The summed E-state index contributed by atoms with van der Waals surface area (Å²) < 4.78 is 0. The van der Waals surface area contributed by atoms with Gasteiger partial charge in [-0.1, -0.05) is 12.1 Å². The first-order chi connectivity index (χ1) is 11.1. The van der Waals surface area contributed by atoms with Crippen molar-refractivity contribution in [1.29, 1.82) is 0 Å². The molecule has 1 aromatic heterocycles. The van der Waals surface area contributed by atoms with Crippen molar-refractivity contribution in [2.45, 2.75) is 23.5 Å². The Morgan fingerprint density at radius 2 is 2.22 bits per heavy atom. The van der Waals surface area contributed by atoms with E-state index in [1.54, 1.807) is 17.6 Å². The number of hydrogen-bond acceptors (Lipinski definition) is 5. The molecule has 2 aromatic rings. The number of carbonyl (C=O) groups excluding carboxylic acids is 2. The van der Waals surface area contributed by atoms with Crippen LogP contribution in [0, 0.1) is 6.92 Å². The third kappa shape index (κ3) is 3.80. The Hall–Kier alpha value is -2.12. The van der Waals surface area contributed by atoms with Crippen molar-refractivity contribution in [2.24, 2.45) is 5.10 Å². The van der Waals surface area contributed by atoms with Gasteiger partial charge in [-0.05, 0) is 36.1 Å². The van der Waals surface area contributed by atoms with E-state index in [9.17, 15) is 9.59 Å². The molecule has 0 saturated heterocycles. The van der Waals surface area contributed by atoms with Gasteiger partial charge in [0, 0.05) is 16.2 Å². The van der Waals surface area contributed by atoms with E-state index in [1.165, 1.54) is 11.8 Å². The lowest BCUT2D eigenvalue weighted by atomic mass is 10.2. The normalized spacial score (nSPS) is 16.9. The Labute approximate surface area is 142 Å². The molecular formula is C16H15N3O2S2. The van der Waals surface area contributed by atoms with Crippen LogP contribution in [0.5, 0.6) is 0 Å². The van der Waals surface area contributed by atoms with Crippen LogP contribution in [0.3, 0.4) is 0 Å². The highest BCUT2D eigenvalue weighted by Gasteiger charge is 2.28. The lowest BCUT2D eigenvalue weighted by molar-refractivity contribution is -0.124. The van der Waals surface area contributed by atoms with Crippen LogP contribution in [0.4, 0.5) is 5.69 Å². The van der Waals surface area contributed by atoms with Gasteiger partial charge in [0.2, 0.25) is 11.8 Å². The first kappa shape index (κ1) is 15.8. The van der Waals surface area contributed by atoms with E-state index in [2.05, 4.69) is 15.8 Å². The van der Waals surface area contributed by atoms with E-state index in [0.29, 0.717) is 0 Å². The molecule has 1 aliphatic rings. The molecule has 0 unspecified atom stereocenters. The molecule has 0 saturated carbocycles. The molecule has 0 aliphatic carbocycles. The number of anilines is 1. The summed E-state index contributed by atoms with van der Waals surface area (Å²) in [4.78, 5) is 26.0. The number of aryl methyl sites for hydroxylation is 1. The van der Waals surface area contributed by atoms with Gasteiger partial charge in [-0.2, -0.15) is 5.10 Å². The van der Waals surface area contributed by atoms with E-state index >= 15 is 0 Å². The number of fused-ring (bicyclic) bond motifs is 1. The summed E-state index contributed by atoms with van der Waals surface area (Å²) in [5.41, 5.74) is 4.40. The highest BCUT2D eigenvalue weighted by atomic mass is 32.2. The lowest BCUT2D eigenvalue weighted by Crippen LogP contribution is -2.33. The SMILES string of the molecule is Cc1ccsc1/C=N\NC(=O)C[C@@H]1Sc2ccccc2NC1=O. The van der Waals surface area contributed by atoms with Gasteiger partial charge in [0.1, 0.15) is 0 Å². The second-order valence-corrected chi connectivity index (χ2v) is 7.25. The van der Waals surface area contributed by atoms with Crippen LogP contribution in [0.2, 0.25) is 0 Å². The summed E-state index contributed by atoms with van der Waals surface area (Å²) in [5.74, 6) is -0.426. The number of rotatable bonds is 4. The van der Waals surface area contributed by atoms with Gasteiger partial charge in [0.25, 0.3) is 0 Å². The molecule has 0 spiro atoms. The molecule has 0 bridgehead atoms. The van der Waals surface area contributed by atoms with Gasteiger partial charge in [-0.3, -0.25) is 9.59 Å².